The molecular weight excluding hydrogens is 328 g/mol. The Morgan fingerprint density at radius 3 is 2.75 bits per heavy atom. The molecular formula is C17H22N2O4S. The van der Waals surface area contributed by atoms with E-state index in [2.05, 4.69) is 15.0 Å². The third-order valence-electron chi connectivity index (χ3n) is 4.85. The minimum atomic E-state index is -0.559. The molecule has 0 aliphatic heterocycles. The van der Waals surface area contributed by atoms with Crippen LogP contribution in [0.25, 0.3) is 0 Å². The fraction of sp³-hybridized carbons (Fsp3) is 0.647. The molecule has 1 heterocycles. The highest BCUT2D eigenvalue weighted by molar-refractivity contribution is 7.15. The number of thiazole rings is 1. The summed E-state index contributed by atoms with van der Waals surface area (Å²) in [5, 5.41) is 3.43. The van der Waals surface area contributed by atoms with E-state index >= 15 is 0 Å². The molecule has 1 aromatic heterocycles. The van der Waals surface area contributed by atoms with Gasteiger partial charge in [-0.1, -0.05) is 19.3 Å². The van der Waals surface area contributed by atoms with Gasteiger partial charge >= 0.3 is 12.4 Å². The average Bonchev–Trinajstić information content (AvgIpc) is 2.97. The number of anilines is 1. The lowest BCUT2D eigenvalue weighted by Gasteiger charge is -2.20. The van der Waals surface area contributed by atoms with Gasteiger partial charge in [-0.05, 0) is 38.0 Å². The number of carbonyl (C=O) groups is 3. The molecule has 0 spiro atoms. The maximum Gasteiger partial charge on any atom is 0.322 e. The third-order valence-corrected chi connectivity index (χ3v) is 5.89. The van der Waals surface area contributed by atoms with E-state index in [4.69, 9.17) is 0 Å². The summed E-state index contributed by atoms with van der Waals surface area (Å²) in [5.41, 5.74) is 0.658. The SMILES string of the molecule is O=COC(=O)C1CCCc2sc(NC(=O)CC3CCCCC3)nc21. The zero-order valence-electron chi connectivity index (χ0n) is 13.6. The van der Waals surface area contributed by atoms with Gasteiger partial charge in [0.25, 0.3) is 0 Å². The third kappa shape index (κ3) is 4.01. The number of amides is 1. The first-order chi connectivity index (χ1) is 11.7. The highest BCUT2D eigenvalue weighted by Crippen LogP contribution is 2.37. The fourth-order valence-corrected chi connectivity index (χ4v) is 4.74. The van der Waals surface area contributed by atoms with Crippen molar-refractivity contribution in [2.75, 3.05) is 5.32 Å². The summed E-state index contributed by atoms with van der Waals surface area (Å²) in [6.45, 7) is 0.163. The molecule has 1 amide bonds. The Bertz CT molecular complexity index is 622. The number of aryl methyl sites for hydroxylation is 1. The zero-order valence-corrected chi connectivity index (χ0v) is 14.4. The van der Waals surface area contributed by atoms with Crippen LogP contribution in [0.4, 0.5) is 5.13 Å². The minimum Gasteiger partial charge on any atom is -0.395 e. The van der Waals surface area contributed by atoms with E-state index < -0.39 is 11.9 Å². The Morgan fingerprint density at radius 1 is 1.21 bits per heavy atom. The lowest BCUT2D eigenvalue weighted by atomic mass is 9.87. The fourth-order valence-electron chi connectivity index (χ4n) is 3.65. The first-order valence-electron chi connectivity index (χ1n) is 8.61. The van der Waals surface area contributed by atoms with Crippen molar-refractivity contribution in [2.45, 2.75) is 63.7 Å². The summed E-state index contributed by atoms with van der Waals surface area (Å²) in [5.74, 6) is -0.584. The number of hydrogen-bond donors (Lipinski definition) is 1. The van der Waals surface area contributed by atoms with Crippen molar-refractivity contribution in [1.82, 2.24) is 4.98 Å². The summed E-state index contributed by atoms with van der Waals surface area (Å²) < 4.78 is 4.49. The molecule has 130 valence electrons. The molecule has 2 aliphatic rings. The summed E-state index contributed by atoms with van der Waals surface area (Å²) in [6.07, 6.45) is 8.81. The molecule has 3 rings (SSSR count). The number of hydrogen-bond acceptors (Lipinski definition) is 6. The highest BCUT2D eigenvalue weighted by Gasteiger charge is 2.32. The first-order valence-corrected chi connectivity index (χ1v) is 9.42. The van der Waals surface area contributed by atoms with Gasteiger partial charge < -0.3 is 10.1 Å². The van der Waals surface area contributed by atoms with E-state index in [1.165, 1.54) is 30.6 Å². The van der Waals surface area contributed by atoms with Crippen LogP contribution in [0.2, 0.25) is 0 Å². The molecule has 6 nitrogen and oxygen atoms in total. The number of esters is 1. The number of carbonyl (C=O) groups excluding carboxylic acids is 3. The van der Waals surface area contributed by atoms with E-state index in [1.54, 1.807) is 0 Å². The molecule has 0 aromatic carbocycles. The molecule has 24 heavy (non-hydrogen) atoms. The molecule has 7 heteroatoms. The van der Waals surface area contributed by atoms with Crippen LogP contribution in [0.5, 0.6) is 0 Å². The van der Waals surface area contributed by atoms with Crippen LogP contribution >= 0.6 is 11.3 Å². The molecule has 1 fully saturated rings. The lowest BCUT2D eigenvalue weighted by molar-refractivity contribution is -0.153. The number of rotatable bonds is 5. The lowest BCUT2D eigenvalue weighted by Crippen LogP contribution is -2.20. The highest BCUT2D eigenvalue weighted by atomic mass is 32.1. The number of ether oxygens (including phenoxy) is 1. The monoisotopic (exact) mass is 350 g/mol. The van der Waals surface area contributed by atoms with Gasteiger partial charge in [0.1, 0.15) is 5.92 Å². The molecule has 0 saturated heterocycles. The Labute approximate surface area is 145 Å². The van der Waals surface area contributed by atoms with Crippen molar-refractivity contribution in [3.63, 3.8) is 0 Å². The Morgan fingerprint density at radius 2 is 2.00 bits per heavy atom. The van der Waals surface area contributed by atoms with Gasteiger partial charge in [-0.2, -0.15) is 0 Å². The maximum atomic E-state index is 12.2. The second kappa shape index (κ2) is 7.88. The number of fused-ring (bicyclic) bond motifs is 1. The molecule has 1 unspecified atom stereocenters. The average molecular weight is 350 g/mol. The zero-order chi connectivity index (χ0) is 16.9. The second-order valence-electron chi connectivity index (χ2n) is 6.56. The van der Waals surface area contributed by atoms with Crippen LogP contribution in [0.1, 0.15) is 67.9 Å². The standard InChI is InChI=1S/C17H22N2O4S/c20-10-23-16(22)12-7-4-8-13-15(12)19-17(24-13)18-14(21)9-11-5-2-1-3-6-11/h10-12H,1-9H2,(H,18,19,21). The van der Waals surface area contributed by atoms with E-state index in [-0.39, 0.29) is 12.4 Å². The normalized spacial score (nSPS) is 20.9. The largest absolute Gasteiger partial charge is 0.395 e. The molecule has 0 radical (unpaired) electrons. The molecule has 1 aromatic rings. The van der Waals surface area contributed by atoms with Crippen molar-refractivity contribution in [3.8, 4) is 0 Å². The molecule has 1 N–H and O–H groups in total. The predicted molar refractivity (Wildman–Crippen MR) is 89.8 cm³/mol. The molecule has 1 saturated carbocycles. The summed E-state index contributed by atoms with van der Waals surface area (Å²) in [7, 11) is 0. The summed E-state index contributed by atoms with van der Waals surface area (Å²) in [4.78, 5) is 39.9. The number of nitrogens with one attached hydrogen (secondary N) is 1. The Hall–Kier alpha value is -1.76. The van der Waals surface area contributed by atoms with Gasteiger partial charge in [0.2, 0.25) is 5.91 Å². The minimum absolute atomic E-state index is 0.0000139. The second-order valence-corrected chi connectivity index (χ2v) is 7.65. The van der Waals surface area contributed by atoms with Crippen LogP contribution in [0, 0.1) is 5.92 Å². The van der Waals surface area contributed by atoms with Crippen LogP contribution in [-0.4, -0.2) is 23.3 Å². The van der Waals surface area contributed by atoms with E-state index in [1.807, 2.05) is 0 Å². The Kier molecular flexibility index (Phi) is 5.60. The van der Waals surface area contributed by atoms with Crippen molar-refractivity contribution in [3.05, 3.63) is 10.6 Å². The smallest absolute Gasteiger partial charge is 0.322 e. The van der Waals surface area contributed by atoms with E-state index in [9.17, 15) is 14.4 Å². The quantitative estimate of drug-likeness (QED) is 0.501. The molecule has 1 atom stereocenters. The van der Waals surface area contributed by atoms with Gasteiger partial charge in [0.15, 0.2) is 5.13 Å². The van der Waals surface area contributed by atoms with E-state index in [0.717, 1.165) is 30.6 Å². The summed E-state index contributed by atoms with van der Waals surface area (Å²) in [6, 6.07) is 0. The van der Waals surface area contributed by atoms with Crippen LogP contribution in [0.3, 0.4) is 0 Å². The maximum absolute atomic E-state index is 12.2. The first kappa shape index (κ1) is 17.1. The van der Waals surface area contributed by atoms with Crippen molar-refractivity contribution < 1.29 is 19.1 Å². The van der Waals surface area contributed by atoms with Crippen molar-refractivity contribution >= 4 is 34.8 Å². The molecule has 0 bridgehead atoms. The van der Waals surface area contributed by atoms with Crippen molar-refractivity contribution in [1.29, 1.82) is 0 Å². The van der Waals surface area contributed by atoms with Gasteiger partial charge in [-0.15, -0.1) is 11.3 Å². The van der Waals surface area contributed by atoms with Crippen LogP contribution in [0.15, 0.2) is 0 Å². The van der Waals surface area contributed by atoms with Gasteiger partial charge in [0, 0.05) is 11.3 Å². The van der Waals surface area contributed by atoms with Crippen LogP contribution in [-0.2, 0) is 25.5 Å². The van der Waals surface area contributed by atoms with Crippen LogP contribution < -0.4 is 5.32 Å². The Balaban J connectivity index is 1.64. The topological polar surface area (TPSA) is 85.4 Å². The summed E-state index contributed by atoms with van der Waals surface area (Å²) >= 11 is 1.43. The number of aromatic nitrogens is 1. The van der Waals surface area contributed by atoms with Gasteiger partial charge in [0.05, 0.1) is 5.69 Å². The van der Waals surface area contributed by atoms with Gasteiger partial charge in [-0.3, -0.25) is 14.4 Å². The predicted octanol–water partition coefficient (Wildman–Crippen LogP) is 3.17. The molecule has 2 aliphatic carbocycles. The van der Waals surface area contributed by atoms with Crippen molar-refractivity contribution in [2.24, 2.45) is 5.92 Å². The van der Waals surface area contributed by atoms with Gasteiger partial charge in [-0.25, -0.2) is 4.98 Å². The van der Waals surface area contributed by atoms with E-state index in [0.29, 0.717) is 29.6 Å². The number of nitrogens with zero attached hydrogens (tertiary/aromatic N) is 1.